The van der Waals surface area contributed by atoms with Gasteiger partial charge in [-0.3, -0.25) is 0 Å². The molecule has 0 aromatic carbocycles. The molecule has 0 radical (unpaired) electrons. The van der Waals surface area contributed by atoms with Gasteiger partial charge in [-0.25, -0.2) is 9.97 Å². The van der Waals surface area contributed by atoms with Crippen LogP contribution in [0.1, 0.15) is 43.5 Å². The van der Waals surface area contributed by atoms with Crippen LogP contribution in [0.3, 0.4) is 0 Å². The molecule has 1 N–H and O–H groups in total. The number of piperidine rings is 1. The summed E-state index contributed by atoms with van der Waals surface area (Å²) in [7, 11) is 2.19. The standard InChI is InChI=1S/C15H23ClN4/c1-9-8-20(3)7-6-12(9)17-14-10(2)13(16)18-15(19-14)11-4-5-11/h9,11-12H,4-8H2,1-3H3,(H,17,18,19). The van der Waals surface area contributed by atoms with Gasteiger partial charge in [0.05, 0.1) is 0 Å². The van der Waals surface area contributed by atoms with Crippen molar-refractivity contribution in [3.8, 4) is 0 Å². The highest BCUT2D eigenvalue weighted by molar-refractivity contribution is 6.30. The number of likely N-dealkylation sites (tertiary alicyclic amines) is 1. The average Bonchev–Trinajstić information content (AvgIpc) is 3.22. The van der Waals surface area contributed by atoms with E-state index in [0.29, 0.717) is 23.0 Å². The van der Waals surface area contributed by atoms with Crippen molar-refractivity contribution in [3.05, 3.63) is 16.5 Å². The summed E-state index contributed by atoms with van der Waals surface area (Å²) in [6, 6.07) is 0.475. The quantitative estimate of drug-likeness (QED) is 0.870. The monoisotopic (exact) mass is 294 g/mol. The Morgan fingerprint density at radius 2 is 2.00 bits per heavy atom. The Bertz CT molecular complexity index is 501. The van der Waals surface area contributed by atoms with Crippen LogP contribution < -0.4 is 5.32 Å². The predicted octanol–water partition coefficient (Wildman–Crippen LogP) is 3.07. The Balaban J connectivity index is 1.79. The van der Waals surface area contributed by atoms with Crippen molar-refractivity contribution in [1.29, 1.82) is 0 Å². The first kappa shape index (κ1) is 14.1. The van der Waals surface area contributed by atoms with E-state index in [0.717, 1.165) is 36.7 Å². The third-order valence-electron chi connectivity index (χ3n) is 4.48. The third kappa shape index (κ3) is 2.91. The summed E-state index contributed by atoms with van der Waals surface area (Å²) in [5, 5.41) is 4.22. The number of nitrogens with zero attached hydrogens (tertiary/aromatic N) is 3. The van der Waals surface area contributed by atoms with E-state index < -0.39 is 0 Å². The van der Waals surface area contributed by atoms with E-state index in [9.17, 15) is 0 Å². The van der Waals surface area contributed by atoms with Gasteiger partial charge in [0.15, 0.2) is 0 Å². The van der Waals surface area contributed by atoms with Gasteiger partial charge in [-0.2, -0.15) is 0 Å². The lowest BCUT2D eigenvalue weighted by atomic mass is 9.94. The minimum absolute atomic E-state index is 0.475. The first-order valence-corrected chi connectivity index (χ1v) is 7.91. The molecular formula is C15H23ClN4. The first-order valence-electron chi connectivity index (χ1n) is 7.53. The number of hydrogen-bond donors (Lipinski definition) is 1. The Labute approximate surface area is 125 Å². The van der Waals surface area contributed by atoms with Gasteiger partial charge in [-0.15, -0.1) is 0 Å². The molecule has 4 nitrogen and oxygen atoms in total. The smallest absolute Gasteiger partial charge is 0.137 e. The molecule has 2 unspecified atom stereocenters. The molecule has 1 aromatic heterocycles. The van der Waals surface area contributed by atoms with Crippen LogP contribution in [0.15, 0.2) is 0 Å². The number of anilines is 1. The Morgan fingerprint density at radius 3 is 2.65 bits per heavy atom. The average molecular weight is 295 g/mol. The maximum absolute atomic E-state index is 6.27. The van der Waals surface area contributed by atoms with E-state index >= 15 is 0 Å². The highest BCUT2D eigenvalue weighted by Crippen LogP contribution is 2.39. The Kier molecular flexibility index (Phi) is 3.87. The van der Waals surface area contributed by atoms with Crippen molar-refractivity contribution >= 4 is 17.4 Å². The summed E-state index contributed by atoms with van der Waals surface area (Å²) in [4.78, 5) is 11.5. The van der Waals surface area contributed by atoms with Gasteiger partial charge in [0, 0.05) is 24.1 Å². The second-order valence-corrected chi connectivity index (χ2v) is 6.76. The molecule has 5 heteroatoms. The first-order chi connectivity index (χ1) is 9.54. The lowest BCUT2D eigenvalue weighted by Gasteiger charge is -2.35. The molecule has 2 aliphatic rings. The van der Waals surface area contributed by atoms with Crippen LogP contribution in [0.25, 0.3) is 0 Å². The summed E-state index contributed by atoms with van der Waals surface area (Å²) >= 11 is 6.27. The second kappa shape index (κ2) is 5.49. The van der Waals surface area contributed by atoms with Crippen molar-refractivity contribution in [2.45, 2.75) is 45.1 Å². The molecule has 110 valence electrons. The summed E-state index contributed by atoms with van der Waals surface area (Å²) in [6.45, 7) is 6.56. The molecule has 0 spiro atoms. The number of rotatable bonds is 3. The van der Waals surface area contributed by atoms with Gasteiger partial charge >= 0.3 is 0 Å². The fourth-order valence-electron chi connectivity index (χ4n) is 2.91. The van der Waals surface area contributed by atoms with E-state index in [-0.39, 0.29) is 0 Å². The molecule has 2 atom stereocenters. The van der Waals surface area contributed by atoms with Crippen LogP contribution in [0.2, 0.25) is 5.15 Å². The van der Waals surface area contributed by atoms with Crippen LogP contribution >= 0.6 is 11.6 Å². The molecule has 1 aliphatic heterocycles. The molecular weight excluding hydrogens is 272 g/mol. The van der Waals surface area contributed by atoms with Crippen LogP contribution in [-0.2, 0) is 0 Å². The van der Waals surface area contributed by atoms with Gasteiger partial charge in [0.2, 0.25) is 0 Å². The number of aromatic nitrogens is 2. The summed E-state index contributed by atoms with van der Waals surface area (Å²) < 4.78 is 0. The maximum Gasteiger partial charge on any atom is 0.137 e. The zero-order chi connectivity index (χ0) is 14.3. The van der Waals surface area contributed by atoms with Crippen molar-refractivity contribution < 1.29 is 0 Å². The molecule has 2 fully saturated rings. The topological polar surface area (TPSA) is 41.1 Å². The summed E-state index contributed by atoms with van der Waals surface area (Å²) in [6.07, 6.45) is 3.55. The number of hydrogen-bond acceptors (Lipinski definition) is 4. The summed E-state index contributed by atoms with van der Waals surface area (Å²) in [5.41, 5.74) is 0.974. The van der Waals surface area contributed by atoms with Crippen molar-refractivity contribution in [2.24, 2.45) is 5.92 Å². The van der Waals surface area contributed by atoms with E-state index in [2.05, 4.69) is 29.2 Å². The lowest BCUT2D eigenvalue weighted by molar-refractivity contribution is 0.206. The highest BCUT2D eigenvalue weighted by Gasteiger charge is 2.29. The van der Waals surface area contributed by atoms with Crippen LogP contribution in [0.4, 0.5) is 5.82 Å². The number of nitrogens with one attached hydrogen (secondary N) is 1. The van der Waals surface area contributed by atoms with E-state index in [1.54, 1.807) is 0 Å². The van der Waals surface area contributed by atoms with Gasteiger partial charge in [0.25, 0.3) is 0 Å². The van der Waals surface area contributed by atoms with Gasteiger partial charge in [0.1, 0.15) is 16.8 Å². The van der Waals surface area contributed by atoms with Crippen molar-refractivity contribution in [1.82, 2.24) is 14.9 Å². The Morgan fingerprint density at radius 1 is 1.25 bits per heavy atom. The summed E-state index contributed by atoms with van der Waals surface area (Å²) in [5.74, 6) is 3.01. The predicted molar refractivity (Wildman–Crippen MR) is 82.4 cm³/mol. The zero-order valence-electron chi connectivity index (χ0n) is 12.5. The van der Waals surface area contributed by atoms with Crippen LogP contribution in [0, 0.1) is 12.8 Å². The van der Waals surface area contributed by atoms with Gasteiger partial charge < -0.3 is 10.2 Å². The number of halogens is 1. The molecule has 1 saturated heterocycles. The van der Waals surface area contributed by atoms with Gasteiger partial charge in [-0.05, 0) is 45.7 Å². The molecule has 20 heavy (non-hydrogen) atoms. The Hall–Kier alpha value is -0.870. The maximum atomic E-state index is 6.27. The van der Waals surface area contributed by atoms with E-state index in [1.807, 2.05) is 6.92 Å². The molecule has 1 saturated carbocycles. The van der Waals surface area contributed by atoms with Crippen molar-refractivity contribution in [2.75, 3.05) is 25.5 Å². The SMILES string of the molecule is Cc1c(Cl)nc(C2CC2)nc1NC1CCN(C)CC1C. The molecule has 0 amide bonds. The zero-order valence-corrected chi connectivity index (χ0v) is 13.2. The van der Waals surface area contributed by atoms with Crippen LogP contribution in [0.5, 0.6) is 0 Å². The second-order valence-electron chi connectivity index (χ2n) is 6.40. The fourth-order valence-corrected chi connectivity index (χ4v) is 3.09. The lowest BCUT2D eigenvalue weighted by Crippen LogP contribution is -2.43. The van der Waals surface area contributed by atoms with Crippen LogP contribution in [-0.4, -0.2) is 41.0 Å². The minimum Gasteiger partial charge on any atom is -0.367 e. The third-order valence-corrected chi connectivity index (χ3v) is 4.84. The molecule has 1 aromatic rings. The normalized spacial score (nSPS) is 27.6. The highest BCUT2D eigenvalue weighted by atomic mass is 35.5. The molecule has 3 rings (SSSR count). The minimum atomic E-state index is 0.475. The molecule has 2 heterocycles. The van der Waals surface area contributed by atoms with Gasteiger partial charge in [-0.1, -0.05) is 18.5 Å². The van der Waals surface area contributed by atoms with E-state index in [1.165, 1.54) is 12.8 Å². The van der Waals surface area contributed by atoms with Crippen molar-refractivity contribution in [3.63, 3.8) is 0 Å². The van der Waals surface area contributed by atoms with E-state index in [4.69, 9.17) is 16.6 Å². The fraction of sp³-hybridized carbons (Fsp3) is 0.733. The largest absolute Gasteiger partial charge is 0.367 e. The molecule has 1 aliphatic carbocycles. The molecule has 0 bridgehead atoms.